The molecule has 0 aliphatic carbocycles. The fourth-order valence-electron chi connectivity index (χ4n) is 7.45. The highest BCUT2D eigenvalue weighted by Crippen LogP contribution is 2.52. The number of alkyl carbamates (subject to hydrolysis) is 1. The molecule has 0 saturated carbocycles. The predicted octanol–water partition coefficient (Wildman–Crippen LogP) is 4.32. The smallest absolute Gasteiger partial charge is 0.410 e. The van der Waals surface area contributed by atoms with E-state index in [1.54, 1.807) is 6.92 Å². The van der Waals surface area contributed by atoms with Gasteiger partial charge in [-0.15, -0.1) is 11.8 Å². The van der Waals surface area contributed by atoms with Crippen LogP contribution in [-0.2, 0) is 43.6 Å². The van der Waals surface area contributed by atoms with Gasteiger partial charge in [0, 0.05) is 65.6 Å². The summed E-state index contributed by atoms with van der Waals surface area (Å²) in [5, 5.41) is 56.9. The zero-order chi connectivity index (χ0) is 44.1. The van der Waals surface area contributed by atoms with Gasteiger partial charge in [-0.25, -0.2) is 14.4 Å². The number of carbonyl (C=O) groups is 4. The Bertz CT molecular complexity index is 2220. The highest BCUT2D eigenvalue weighted by atomic mass is 32.2. The Labute approximate surface area is 350 Å². The number of esters is 1. The minimum atomic E-state index is -1.38. The molecule has 6 rings (SSSR count). The second kappa shape index (κ2) is 18.7. The van der Waals surface area contributed by atoms with Gasteiger partial charge in [0.15, 0.2) is 0 Å². The second-order valence-corrected chi connectivity index (χ2v) is 15.9. The summed E-state index contributed by atoms with van der Waals surface area (Å²) in [5.41, 5.74) is 0.869. The lowest BCUT2D eigenvalue weighted by Gasteiger charge is -2.46. The number of nitro groups is 3. The zero-order valence-electron chi connectivity index (χ0n) is 32.6. The van der Waals surface area contributed by atoms with Crippen LogP contribution >= 0.6 is 11.8 Å². The molecule has 3 amide bonds. The Morgan fingerprint density at radius 2 is 1.28 bits per heavy atom. The minimum Gasteiger partial charge on any atom is -0.456 e. The number of nitrogens with one attached hydrogen (secondary N) is 1. The van der Waals surface area contributed by atoms with Gasteiger partial charge in [-0.05, 0) is 66.4 Å². The summed E-state index contributed by atoms with van der Waals surface area (Å²) in [4.78, 5) is 87.8. The maximum absolute atomic E-state index is 13.8. The average molecular weight is 865 g/mol. The predicted molar refractivity (Wildman–Crippen MR) is 212 cm³/mol. The van der Waals surface area contributed by atoms with Crippen molar-refractivity contribution in [3.8, 4) is 0 Å². The molecule has 2 fully saturated rings. The fraction of sp³-hybridized carbons (Fsp3) is 0.385. The van der Waals surface area contributed by atoms with Crippen LogP contribution in [0.2, 0.25) is 0 Å². The summed E-state index contributed by atoms with van der Waals surface area (Å²) in [6.45, 7) is 2.09. The number of hydrogen-bond donors (Lipinski definition) is 3. The molecule has 3 aliphatic heterocycles. The van der Waals surface area contributed by atoms with Crippen molar-refractivity contribution in [2.45, 2.75) is 69.6 Å². The largest absolute Gasteiger partial charge is 0.456 e. The van der Waals surface area contributed by atoms with Gasteiger partial charge < -0.3 is 39.5 Å². The molecule has 7 atom stereocenters. The monoisotopic (exact) mass is 864 g/mol. The van der Waals surface area contributed by atoms with Crippen molar-refractivity contribution in [3.63, 3.8) is 0 Å². The Hall–Kier alpha value is -6.65. The van der Waals surface area contributed by atoms with Crippen LogP contribution in [0.15, 0.2) is 83.4 Å². The molecule has 3 aromatic rings. The van der Waals surface area contributed by atoms with Crippen molar-refractivity contribution >= 4 is 52.9 Å². The van der Waals surface area contributed by atoms with E-state index in [0.29, 0.717) is 21.6 Å². The molecule has 0 radical (unpaired) electrons. The molecule has 0 aromatic heterocycles. The first-order valence-corrected chi connectivity index (χ1v) is 19.7. The van der Waals surface area contributed by atoms with Gasteiger partial charge >= 0.3 is 18.2 Å². The Balaban J connectivity index is 1.18. The number of thioether (sulfide) groups is 1. The van der Waals surface area contributed by atoms with Crippen molar-refractivity contribution in [2.24, 2.45) is 11.8 Å². The minimum absolute atomic E-state index is 0.0319. The van der Waals surface area contributed by atoms with E-state index in [2.05, 4.69) is 5.32 Å². The van der Waals surface area contributed by atoms with Crippen LogP contribution < -0.4 is 5.32 Å². The SMILES string of the molecule is C[C@@H](O)[C@H]1C(=O)N2C(C(=O)OCc3ccc([N+](=O)[O-])cc3)=C(S[C@H]3C[C@@H]([C@H](O)CNC(=O)OCc4ccc([N+](=O)[O-])cc4)N(C(=O)OCc4ccc([N+](=O)[O-])cc4)C3)[C@H](C)[C@H]12. The molecule has 22 heteroatoms. The molecule has 3 N–H and O–H groups in total. The Kier molecular flexibility index (Phi) is 13.5. The van der Waals surface area contributed by atoms with Gasteiger partial charge in [0.25, 0.3) is 17.1 Å². The summed E-state index contributed by atoms with van der Waals surface area (Å²) in [6, 6.07) is 14.6. The molecule has 2 saturated heterocycles. The summed E-state index contributed by atoms with van der Waals surface area (Å²) >= 11 is 1.19. The third-order valence-electron chi connectivity index (χ3n) is 10.6. The highest BCUT2D eigenvalue weighted by Gasteiger charge is 2.60. The van der Waals surface area contributed by atoms with E-state index in [1.807, 2.05) is 0 Å². The number of fused-ring (bicyclic) bond motifs is 1. The van der Waals surface area contributed by atoms with Crippen LogP contribution in [-0.4, -0.2) is 101 Å². The van der Waals surface area contributed by atoms with Crippen LogP contribution in [0.5, 0.6) is 0 Å². The maximum Gasteiger partial charge on any atom is 0.410 e. The quantitative estimate of drug-likeness (QED) is 0.0594. The van der Waals surface area contributed by atoms with Crippen LogP contribution in [0.3, 0.4) is 0 Å². The fourth-order valence-corrected chi connectivity index (χ4v) is 8.98. The van der Waals surface area contributed by atoms with Crippen molar-refractivity contribution in [1.82, 2.24) is 15.1 Å². The number of benzene rings is 3. The number of likely N-dealkylation sites (tertiary alicyclic amines) is 1. The number of ether oxygens (including phenoxy) is 3. The van der Waals surface area contributed by atoms with Gasteiger partial charge in [-0.3, -0.25) is 35.1 Å². The number of amides is 3. The number of nitrogens with zero attached hydrogens (tertiary/aromatic N) is 5. The topological polar surface area (TPSA) is 284 Å². The van der Waals surface area contributed by atoms with E-state index < -0.39 is 80.2 Å². The molecular formula is C39H40N6O15S. The van der Waals surface area contributed by atoms with Crippen LogP contribution in [0, 0.1) is 42.2 Å². The molecule has 3 aromatic carbocycles. The number of aliphatic hydroxyl groups is 2. The van der Waals surface area contributed by atoms with Gasteiger partial charge in [-0.1, -0.05) is 6.92 Å². The standard InChI is InChI=1S/C39H40N6O15S/c1-21-33-32(22(2)46)36(48)42(33)34(37(49)58-18-23-3-9-26(10-4-23)43(52)53)35(21)61-29-15-30(41(17-29)39(51)60-20-25-7-13-28(14-8-25)45(56)57)31(47)16-40-38(50)59-19-24-5-11-27(12-6-24)44(54)55/h3-14,21-22,29-33,46-47H,15-20H2,1-2H3,(H,40,50)/t21-,22-,29+,30+,31-,32-,33-/m1/s1. The third-order valence-corrected chi connectivity index (χ3v) is 12.1. The molecule has 21 nitrogen and oxygen atoms in total. The summed E-state index contributed by atoms with van der Waals surface area (Å²) in [7, 11) is 0. The first-order chi connectivity index (χ1) is 29.0. The molecule has 3 aliphatic rings. The van der Waals surface area contributed by atoms with Gasteiger partial charge in [0.1, 0.15) is 25.5 Å². The van der Waals surface area contributed by atoms with E-state index in [9.17, 15) is 59.7 Å². The number of non-ortho nitro benzene ring substituents is 3. The second-order valence-electron chi connectivity index (χ2n) is 14.6. The van der Waals surface area contributed by atoms with Crippen LogP contribution in [0.1, 0.15) is 37.0 Å². The van der Waals surface area contributed by atoms with Crippen LogP contribution in [0.4, 0.5) is 26.7 Å². The van der Waals surface area contributed by atoms with E-state index in [0.717, 1.165) is 0 Å². The van der Waals surface area contributed by atoms with E-state index in [4.69, 9.17) is 14.2 Å². The molecule has 0 unspecified atom stereocenters. The van der Waals surface area contributed by atoms with Crippen molar-refractivity contribution in [3.05, 3.63) is 130 Å². The molecule has 322 valence electrons. The lowest BCUT2D eigenvalue weighted by atomic mass is 9.79. The van der Waals surface area contributed by atoms with E-state index >= 15 is 0 Å². The first kappa shape index (κ1) is 43.9. The van der Waals surface area contributed by atoms with Gasteiger partial charge in [0.05, 0.1) is 45.0 Å². The zero-order valence-corrected chi connectivity index (χ0v) is 33.4. The van der Waals surface area contributed by atoms with Crippen molar-refractivity contribution in [2.75, 3.05) is 13.1 Å². The maximum atomic E-state index is 13.8. The number of aliphatic hydroxyl groups excluding tert-OH is 2. The first-order valence-electron chi connectivity index (χ1n) is 18.8. The normalized spacial score (nSPS) is 21.5. The number of hydrogen-bond acceptors (Lipinski definition) is 16. The Morgan fingerprint density at radius 3 is 1.75 bits per heavy atom. The van der Waals surface area contributed by atoms with Gasteiger partial charge in [0.2, 0.25) is 5.91 Å². The molecular weight excluding hydrogens is 825 g/mol. The molecule has 0 bridgehead atoms. The average Bonchev–Trinajstić information content (AvgIpc) is 3.77. The molecule has 0 spiro atoms. The summed E-state index contributed by atoms with van der Waals surface area (Å²) in [5.74, 6) is -2.60. The van der Waals surface area contributed by atoms with Crippen molar-refractivity contribution in [1.29, 1.82) is 0 Å². The van der Waals surface area contributed by atoms with Gasteiger partial charge in [-0.2, -0.15) is 0 Å². The molecule has 3 heterocycles. The number of β-lactam (4-membered cyclic amide) rings is 1. The molecule has 61 heavy (non-hydrogen) atoms. The number of nitro benzene ring substituents is 3. The van der Waals surface area contributed by atoms with E-state index in [-0.39, 0.29) is 62.1 Å². The van der Waals surface area contributed by atoms with E-state index in [1.165, 1.54) is 101 Å². The number of rotatable bonds is 16. The summed E-state index contributed by atoms with van der Waals surface area (Å²) < 4.78 is 16.4. The lowest BCUT2D eigenvalue weighted by molar-refractivity contribution is -0.385. The highest BCUT2D eigenvalue weighted by molar-refractivity contribution is 8.03. The number of carbonyl (C=O) groups excluding carboxylic acids is 4. The summed E-state index contributed by atoms with van der Waals surface area (Å²) in [6.07, 6.45) is -4.07. The Morgan fingerprint density at radius 1 is 0.803 bits per heavy atom. The van der Waals surface area contributed by atoms with Crippen LogP contribution in [0.25, 0.3) is 0 Å². The lowest BCUT2D eigenvalue weighted by Crippen LogP contribution is -2.63. The third kappa shape index (κ3) is 9.88. The van der Waals surface area contributed by atoms with Crippen molar-refractivity contribution < 1.29 is 58.4 Å².